The molecule has 18 heavy (non-hydrogen) atoms. The molecule has 0 spiro atoms. The summed E-state index contributed by atoms with van der Waals surface area (Å²) in [6.45, 7) is 1.39. The summed E-state index contributed by atoms with van der Waals surface area (Å²) in [5, 5.41) is 2.99. The standard InChI is InChI=1S/C13H21N3O2/c1-15-6-4-5-10(15)8-14-13(17)12-7-11(18-3)9-16(12)2/h4-6,11-12H,7-9H2,1-3H3,(H,14,17)/t11-,12-/m0/s1. The Morgan fingerprint density at radius 2 is 2.33 bits per heavy atom. The molecule has 5 heteroatoms. The molecule has 0 aliphatic carbocycles. The van der Waals surface area contributed by atoms with Gasteiger partial charge < -0.3 is 14.6 Å². The van der Waals surface area contributed by atoms with Crippen molar-refractivity contribution in [2.45, 2.75) is 25.1 Å². The first-order chi connectivity index (χ1) is 8.61. The van der Waals surface area contributed by atoms with Crippen LogP contribution >= 0.6 is 0 Å². The van der Waals surface area contributed by atoms with Gasteiger partial charge in [-0.15, -0.1) is 0 Å². The number of aromatic nitrogens is 1. The van der Waals surface area contributed by atoms with E-state index in [9.17, 15) is 4.79 Å². The second-order valence-electron chi connectivity index (χ2n) is 4.88. The maximum absolute atomic E-state index is 12.1. The van der Waals surface area contributed by atoms with Crippen molar-refractivity contribution in [3.05, 3.63) is 24.0 Å². The minimum Gasteiger partial charge on any atom is -0.380 e. The summed E-state index contributed by atoms with van der Waals surface area (Å²) in [4.78, 5) is 14.2. The average Bonchev–Trinajstić information content (AvgIpc) is 2.92. The molecule has 1 aliphatic rings. The lowest BCUT2D eigenvalue weighted by atomic mass is 10.2. The Hall–Kier alpha value is -1.33. The number of nitrogens with zero attached hydrogens (tertiary/aromatic N) is 2. The van der Waals surface area contributed by atoms with E-state index in [4.69, 9.17) is 4.74 Å². The number of hydrogen-bond acceptors (Lipinski definition) is 3. The Balaban J connectivity index is 1.87. The van der Waals surface area contributed by atoms with Crippen molar-refractivity contribution < 1.29 is 9.53 Å². The van der Waals surface area contributed by atoms with Crippen molar-refractivity contribution in [3.63, 3.8) is 0 Å². The SMILES string of the molecule is CO[C@H]1C[C@@H](C(=O)NCc2cccn2C)N(C)C1. The summed E-state index contributed by atoms with van der Waals surface area (Å²) < 4.78 is 7.32. The van der Waals surface area contributed by atoms with Crippen LogP contribution in [-0.4, -0.2) is 48.2 Å². The van der Waals surface area contributed by atoms with E-state index >= 15 is 0 Å². The first kappa shape index (κ1) is 13.1. The third-order valence-electron chi connectivity index (χ3n) is 3.64. The number of ether oxygens (including phenoxy) is 1. The number of hydrogen-bond donors (Lipinski definition) is 1. The van der Waals surface area contributed by atoms with Gasteiger partial charge in [0.05, 0.1) is 18.7 Å². The number of carbonyl (C=O) groups excluding carboxylic acids is 1. The lowest BCUT2D eigenvalue weighted by Crippen LogP contribution is -2.41. The molecule has 1 N–H and O–H groups in total. The molecular formula is C13H21N3O2. The molecule has 0 bridgehead atoms. The van der Waals surface area contributed by atoms with Crippen LogP contribution in [0.1, 0.15) is 12.1 Å². The second kappa shape index (κ2) is 5.54. The van der Waals surface area contributed by atoms with Gasteiger partial charge in [-0.2, -0.15) is 0 Å². The van der Waals surface area contributed by atoms with Crippen LogP contribution in [0.15, 0.2) is 18.3 Å². The van der Waals surface area contributed by atoms with E-state index in [1.807, 2.05) is 37.0 Å². The van der Waals surface area contributed by atoms with Gasteiger partial charge in [0, 0.05) is 32.6 Å². The molecule has 0 aromatic carbocycles. The van der Waals surface area contributed by atoms with Crippen LogP contribution in [0, 0.1) is 0 Å². The Labute approximate surface area is 108 Å². The summed E-state index contributed by atoms with van der Waals surface area (Å²) >= 11 is 0. The molecule has 2 atom stereocenters. The molecule has 0 saturated carbocycles. The molecule has 1 fully saturated rings. The monoisotopic (exact) mass is 251 g/mol. The predicted octanol–water partition coefficient (Wildman–Crippen LogP) is 0.360. The lowest BCUT2D eigenvalue weighted by molar-refractivity contribution is -0.125. The van der Waals surface area contributed by atoms with Crippen LogP contribution in [0.4, 0.5) is 0 Å². The molecule has 2 heterocycles. The van der Waals surface area contributed by atoms with Crippen LogP contribution in [0.2, 0.25) is 0 Å². The molecule has 5 nitrogen and oxygen atoms in total. The molecule has 0 unspecified atom stereocenters. The summed E-state index contributed by atoms with van der Waals surface area (Å²) in [6, 6.07) is 3.91. The van der Waals surface area contributed by atoms with E-state index in [0.29, 0.717) is 6.54 Å². The molecule has 2 rings (SSSR count). The Kier molecular flexibility index (Phi) is 4.04. The second-order valence-corrected chi connectivity index (χ2v) is 4.88. The fourth-order valence-electron chi connectivity index (χ4n) is 2.41. The number of rotatable bonds is 4. The molecule has 1 aromatic rings. The van der Waals surface area contributed by atoms with Crippen molar-refractivity contribution in [2.75, 3.05) is 20.7 Å². The summed E-state index contributed by atoms with van der Waals surface area (Å²) in [6.07, 6.45) is 2.91. The van der Waals surface area contributed by atoms with Gasteiger partial charge >= 0.3 is 0 Å². The molecule has 1 saturated heterocycles. The van der Waals surface area contributed by atoms with Crippen LogP contribution in [0.25, 0.3) is 0 Å². The number of aryl methyl sites for hydroxylation is 1. The Bertz CT molecular complexity index is 416. The molecular weight excluding hydrogens is 230 g/mol. The fraction of sp³-hybridized carbons (Fsp3) is 0.615. The van der Waals surface area contributed by atoms with Crippen molar-refractivity contribution in [1.82, 2.24) is 14.8 Å². The van der Waals surface area contributed by atoms with E-state index in [0.717, 1.165) is 18.7 Å². The highest BCUT2D eigenvalue weighted by Gasteiger charge is 2.34. The smallest absolute Gasteiger partial charge is 0.237 e. The minimum atomic E-state index is -0.0739. The van der Waals surface area contributed by atoms with Crippen LogP contribution < -0.4 is 5.32 Å². The highest BCUT2D eigenvalue weighted by atomic mass is 16.5. The van der Waals surface area contributed by atoms with Gasteiger partial charge in [0.15, 0.2) is 0 Å². The molecule has 100 valence electrons. The minimum absolute atomic E-state index is 0.0739. The summed E-state index contributed by atoms with van der Waals surface area (Å²) in [5.41, 5.74) is 1.10. The molecule has 1 aliphatic heterocycles. The third-order valence-corrected chi connectivity index (χ3v) is 3.64. The van der Waals surface area contributed by atoms with Gasteiger partial charge in [-0.05, 0) is 25.6 Å². The van der Waals surface area contributed by atoms with Crippen molar-refractivity contribution in [3.8, 4) is 0 Å². The lowest BCUT2D eigenvalue weighted by Gasteiger charge is -2.18. The zero-order valence-electron chi connectivity index (χ0n) is 11.2. The van der Waals surface area contributed by atoms with Crippen molar-refractivity contribution in [1.29, 1.82) is 0 Å². The number of likely N-dealkylation sites (N-methyl/N-ethyl adjacent to an activating group) is 1. The van der Waals surface area contributed by atoms with Gasteiger partial charge in [0.2, 0.25) is 5.91 Å². The van der Waals surface area contributed by atoms with Crippen LogP contribution in [-0.2, 0) is 23.1 Å². The van der Waals surface area contributed by atoms with Gasteiger partial charge in [-0.25, -0.2) is 0 Å². The number of methoxy groups -OCH3 is 1. The van der Waals surface area contributed by atoms with Crippen LogP contribution in [0.5, 0.6) is 0 Å². The molecule has 0 radical (unpaired) electrons. The zero-order valence-corrected chi connectivity index (χ0v) is 11.2. The highest BCUT2D eigenvalue weighted by Crippen LogP contribution is 2.18. The first-order valence-electron chi connectivity index (χ1n) is 6.22. The summed E-state index contributed by atoms with van der Waals surface area (Å²) in [5.74, 6) is 0.0817. The topological polar surface area (TPSA) is 46.5 Å². The van der Waals surface area contributed by atoms with E-state index in [1.54, 1.807) is 7.11 Å². The predicted molar refractivity (Wildman–Crippen MR) is 69.1 cm³/mol. The van der Waals surface area contributed by atoms with Crippen molar-refractivity contribution in [2.24, 2.45) is 7.05 Å². The van der Waals surface area contributed by atoms with Crippen molar-refractivity contribution >= 4 is 5.91 Å². The van der Waals surface area contributed by atoms with Gasteiger partial charge in [-0.1, -0.05) is 0 Å². The molecule has 1 amide bonds. The van der Waals surface area contributed by atoms with E-state index in [2.05, 4.69) is 10.2 Å². The fourth-order valence-corrected chi connectivity index (χ4v) is 2.41. The maximum atomic E-state index is 12.1. The maximum Gasteiger partial charge on any atom is 0.237 e. The van der Waals surface area contributed by atoms with Crippen LogP contribution in [0.3, 0.4) is 0 Å². The van der Waals surface area contributed by atoms with Gasteiger partial charge in [-0.3, -0.25) is 9.69 Å². The van der Waals surface area contributed by atoms with E-state index in [1.165, 1.54) is 0 Å². The van der Waals surface area contributed by atoms with Gasteiger partial charge in [0.1, 0.15) is 0 Å². The quantitative estimate of drug-likeness (QED) is 0.840. The first-order valence-corrected chi connectivity index (χ1v) is 6.22. The van der Waals surface area contributed by atoms with E-state index < -0.39 is 0 Å². The largest absolute Gasteiger partial charge is 0.380 e. The Morgan fingerprint density at radius 1 is 1.56 bits per heavy atom. The average molecular weight is 251 g/mol. The number of nitrogens with one attached hydrogen (secondary N) is 1. The molecule has 1 aromatic heterocycles. The Morgan fingerprint density at radius 3 is 2.89 bits per heavy atom. The zero-order chi connectivity index (χ0) is 13.1. The number of amides is 1. The normalized spacial score (nSPS) is 24.4. The van der Waals surface area contributed by atoms with E-state index in [-0.39, 0.29) is 18.1 Å². The third kappa shape index (κ3) is 2.73. The number of carbonyl (C=O) groups is 1. The van der Waals surface area contributed by atoms with Gasteiger partial charge in [0.25, 0.3) is 0 Å². The summed E-state index contributed by atoms with van der Waals surface area (Å²) in [7, 11) is 5.64. The number of likely N-dealkylation sites (tertiary alicyclic amines) is 1. The highest BCUT2D eigenvalue weighted by molar-refractivity contribution is 5.82.